The van der Waals surface area contributed by atoms with E-state index in [0.717, 1.165) is 59.7 Å². The van der Waals surface area contributed by atoms with E-state index in [0.29, 0.717) is 0 Å². The number of amides is 1. The summed E-state index contributed by atoms with van der Waals surface area (Å²) in [7, 11) is 0. The number of halogens is 1. The Kier molecular flexibility index (Phi) is 5.42. The van der Waals surface area contributed by atoms with Crippen LogP contribution in [0.4, 0.5) is 0 Å². The molecule has 2 N–H and O–H groups in total. The number of piperidine rings is 1. The topological polar surface area (TPSA) is 48.1 Å². The van der Waals surface area contributed by atoms with E-state index in [-0.39, 0.29) is 11.9 Å². The van der Waals surface area contributed by atoms with Crippen molar-refractivity contribution in [3.8, 4) is 0 Å². The molecule has 1 aliphatic heterocycles. The normalized spacial score (nSPS) is 15.8. The first-order valence-electron chi connectivity index (χ1n) is 9.86. The van der Waals surface area contributed by atoms with Gasteiger partial charge in [-0.05, 0) is 68.1 Å². The molecule has 1 aromatic heterocycles. The molecule has 0 spiro atoms. The molecular formula is C23H26ClN3O. The predicted octanol–water partition coefficient (Wildman–Crippen LogP) is 4.83. The number of fused-ring (bicyclic) bond motifs is 1. The van der Waals surface area contributed by atoms with Gasteiger partial charge in [0.25, 0.3) is 5.91 Å². The predicted molar refractivity (Wildman–Crippen MR) is 115 cm³/mol. The molecule has 0 unspecified atom stereocenters. The first-order valence-corrected chi connectivity index (χ1v) is 10.2. The summed E-state index contributed by atoms with van der Waals surface area (Å²) in [6.45, 7) is 7.06. The molecule has 3 aromatic rings. The smallest absolute Gasteiger partial charge is 0.251 e. The molecule has 4 rings (SSSR count). The van der Waals surface area contributed by atoms with Crippen molar-refractivity contribution in [1.29, 1.82) is 0 Å². The molecule has 2 heterocycles. The van der Waals surface area contributed by atoms with Crippen LogP contribution >= 0.6 is 11.6 Å². The highest BCUT2D eigenvalue weighted by Gasteiger charge is 2.21. The number of benzene rings is 2. The molecule has 0 bridgehead atoms. The number of nitrogens with one attached hydrogen (secondary N) is 2. The van der Waals surface area contributed by atoms with Gasteiger partial charge in [-0.15, -0.1) is 0 Å². The third kappa shape index (κ3) is 4.08. The van der Waals surface area contributed by atoms with Gasteiger partial charge in [-0.2, -0.15) is 0 Å². The molecule has 1 amide bonds. The molecular weight excluding hydrogens is 370 g/mol. The Hall–Kier alpha value is -2.30. The van der Waals surface area contributed by atoms with Crippen LogP contribution in [0.25, 0.3) is 10.9 Å². The number of aromatic nitrogens is 1. The highest BCUT2D eigenvalue weighted by Crippen LogP contribution is 2.23. The van der Waals surface area contributed by atoms with E-state index in [4.69, 9.17) is 11.6 Å². The van der Waals surface area contributed by atoms with Gasteiger partial charge >= 0.3 is 0 Å². The maximum absolute atomic E-state index is 12.7. The molecule has 1 saturated heterocycles. The standard InChI is InChI=1S/C23H26ClN3O/c1-15-16(2)25-22-8-5-18(13-21(15)22)23(28)26-20-9-11-27(12-10-20)14-17-3-6-19(24)7-4-17/h3-8,13,20,25H,9-12,14H2,1-2H3,(H,26,28). The lowest BCUT2D eigenvalue weighted by Crippen LogP contribution is -2.44. The average Bonchev–Trinajstić information content (AvgIpc) is 2.98. The molecule has 146 valence electrons. The third-order valence-corrected chi connectivity index (χ3v) is 6.06. The average molecular weight is 396 g/mol. The van der Waals surface area contributed by atoms with E-state index < -0.39 is 0 Å². The number of hydrogen-bond donors (Lipinski definition) is 2. The summed E-state index contributed by atoms with van der Waals surface area (Å²) in [4.78, 5) is 18.5. The van der Waals surface area contributed by atoms with Crippen LogP contribution in [0.15, 0.2) is 42.5 Å². The summed E-state index contributed by atoms with van der Waals surface area (Å²) in [5.41, 5.74) is 5.46. The Morgan fingerprint density at radius 3 is 2.57 bits per heavy atom. The minimum Gasteiger partial charge on any atom is -0.358 e. The lowest BCUT2D eigenvalue weighted by atomic mass is 10.0. The van der Waals surface area contributed by atoms with Crippen molar-refractivity contribution < 1.29 is 4.79 Å². The fourth-order valence-electron chi connectivity index (χ4n) is 3.95. The second-order valence-electron chi connectivity index (χ2n) is 7.79. The monoisotopic (exact) mass is 395 g/mol. The van der Waals surface area contributed by atoms with Crippen LogP contribution in [0.3, 0.4) is 0 Å². The van der Waals surface area contributed by atoms with Crippen LogP contribution in [0.5, 0.6) is 0 Å². The van der Waals surface area contributed by atoms with Crippen LogP contribution in [-0.2, 0) is 6.54 Å². The Morgan fingerprint density at radius 1 is 1.14 bits per heavy atom. The SMILES string of the molecule is Cc1[nH]c2ccc(C(=O)NC3CCN(Cc4ccc(Cl)cc4)CC3)cc2c1C. The Labute approximate surface area is 170 Å². The van der Waals surface area contributed by atoms with E-state index in [2.05, 4.69) is 41.2 Å². The van der Waals surface area contributed by atoms with E-state index in [1.165, 1.54) is 11.1 Å². The molecule has 28 heavy (non-hydrogen) atoms. The van der Waals surface area contributed by atoms with Gasteiger partial charge in [-0.25, -0.2) is 0 Å². The minimum atomic E-state index is 0.0244. The van der Waals surface area contributed by atoms with Gasteiger partial charge in [-0.1, -0.05) is 23.7 Å². The van der Waals surface area contributed by atoms with Gasteiger partial charge in [0, 0.05) is 52.9 Å². The summed E-state index contributed by atoms with van der Waals surface area (Å²) >= 11 is 5.96. The molecule has 2 aromatic carbocycles. The highest BCUT2D eigenvalue weighted by atomic mass is 35.5. The molecule has 4 nitrogen and oxygen atoms in total. The number of aromatic amines is 1. The zero-order valence-electron chi connectivity index (χ0n) is 16.4. The van der Waals surface area contributed by atoms with Crippen LogP contribution in [0, 0.1) is 13.8 Å². The minimum absolute atomic E-state index is 0.0244. The Bertz CT molecular complexity index is 985. The van der Waals surface area contributed by atoms with Gasteiger partial charge < -0.3 is 10.3 Å². The van der Waals surface area contributed by atoms with Gasteiger partial charge in [0.05, 0.1) is 0 Å². The number of carbonyl (C=O) groups is 1. The zero-order chi connectivity index (χ0) is 19.7. The number of carbonyl (C=O) groups excluding carboxylic acids is 1. The largest absolute Gasteiger partial charge is 0.358 e. The molecule has 0 saturated carbocycles. The second kappa shape index (κ2) is 7.98. The van der Waals surface area contributed by atoms with Crippen molar-refractivity contribution in [2.24, 2.45) is 0 Å². The van der Waals surface area contributed by atoms with Crippen molar-refractivity contribution in [3.05, 3.63) is 69.9 Å². The van der Waals surface area contributed by atoms with E-state index in [9.17, 15) is 4.79 Å². The lowest BCUT2D eigenvalue weighted by Gasteiger charge is -2.32. The molecule has 5 heteroatoms. The number of nitrogens with zero attached hydrogens (tertiary/aromatic N) is 1. The number of hydrogen-bond acceptors (Lipinski definition) is 2. The molecule has 0 atom stereocenters. The fourth-order valence-corrected chi connectivity index (χ4v) is 4.08. The summed E-state index contributed by atoms with van der Waals surface area (Å²) in [5.74, 6) is 0.0244. The molecule has 0 radical (unpaired) electrons. The Balaban J connectivity index is 1.33. The summed E-state index contributed by atoms with van der Waals surface area (Å²) in [6.07, 6.45) is 1.95. The van der Waals surface area contributed by atoms with Gasteiger partial charge in [-0.3, -0.25) is 9.69 Å². The quantitative estimate of drug-likeness (QED) is 0.664. The van der Waals surface area contributed by atoms with Crippen LogP contribution < -0.4 is 5.32 Å². The second-order valence-corrected chi connectivity index (χ2v) is 8.22. The fraction of sp³-hybridized carbons (Fsp3) is 0.348. The highest BCUT2D eigenvalue weighted by molar-refractivity contribution is 6.30. The van der Waals surface area contributed by atoms with Crippen molar-refractivity contribution in [2.45, 2.75) is 39.3 Å². The molecule has 1 fully saturated rings. The number of aryl methyl sites for hydroxylation is 2. The maximum Gasteiger partial charge on any atom is 0.251 e. The van der Waals surface area contributed by atoms with E-state index in [1.54, 1.807) is 0 Å². The first-order chi connectivity index (χ1) is 13.5. The summed E-state index contributed by atoms with van der Waals surface area (Å²) < 4.78 is 0. The third-order valence-electron chi connectivity index (χ3n) is 5.81. The van der Waals surface area contributed by atoms with Crippen molar-refractivity contribution in [2.75, 3.05) is 13.1 Å². The number of likely N-dealkylation sites (tertiary alicyclic amines) is 1. The molecule has 0 aliphatic carbocycles. The Morgan fingerprint density at radius 2 is 1.86 bits per heavy atom. The van der Waals surface area contributed by atoms with Gasteiger partial charge in [0.1, 0.15) is 0 Å². The van der Waals surface area contributed by atoms with E-state index >= 15 is 0 Å². The van der Waals surface area contributed by atoms with Crippen LogP contribution in [-0.4, -0.2) is 34.9 Å². The van der Waals surface area contributed by atoms with Crippen molar-refractivity contribution in [3.63, 3.8) is 0 Å². The first kappa shape index (κ1) is 19.0. The summed E-state index contributed by atoms with van der Waals surface area (Å²) in [6, 6.07) is 14.2. The lowest BCUT2D eigenvalue weighted by molar-refractivity contribution is 0.0909. The number of H-pyrrole nitrogens is 1. The van der Waals surface area contributed by atoms with Gasteiger partial charge in [0.15, 0.2) is 0 Å². The summed E-state index contributed by atoms with van der Waals surface area (Å²) in [5, 5.41) is 5.12. The van der Waals surface area contributed by atoms with Gasteiger partial charge in [0.2, 0.25) is 0 Å². The maximum atomic E-state index is 12.7. The van der Waals surface area contributed by atoms with Crippen LogP contribution in [0.1, 0.15) is 40.0 Å². The molecule has 1 aliphatic rings. The van der Waals surface area contributed by atoms with Crippen LogP contribution in [0.2, 0.25) is 5.02 Å². The van der Waals surface area contributed by atoms with E-state index in [1.807, 2.05) is 30.3 Å². The van der Waals surface area contributed by atoms with Crippen molar-refractivity contribution >= 4 is 28.4 Å². The number of rotatable bonds is 4. The zero-order valence-corrected chi connectivity index (χ0v) is 17.1. The van der Waals surface area contributed by atoms with Crippen molar-refractivity contribution in [1.82, 2.24) is 15.2 Å².